The van der Waals surface area contributed by atoms with E-state index in [0.717, 1.165) is 25.7 Å². The van der Waals surface area contributed by atoms with Crippen LogP contribution in [0, 0.1) is 0 Å². The van der Waals surface area contributed by atoms with E-state index in [1.54, 1.807) is 6.08 Å². The summed E-state index contributed by atoms with van der Waals surface area (Å²) in [6.07, 6.45) is 36.0. The number of carbonyl (C=O) groups excluding carboxylic acids is 1. The van der Waals surface area contributed by atoms with E-state index in [1.807, 2.05) is 6.08 Å². The molecule has 2 atom stereocenters. The Hall–Kier alpha value is -0.800. The normalized spacial score (nSPS) is 13.0. The van der Waals surface area contributed by atoms with Crippen molar-refractivity contribution in [2.24, 2.45) is 11.5 Å². The number of esters is 1. The average Bonchev–Trinajstić information content (AvgIpc) is 3.03. The van der Waals surface area contributed by atoms with E-state index in [9.17, 15) is 14.5 Å². The largest absolute Gasteiger partial charge is 0.469 e. The van der Waals surface area contributed by atoms with E-state index >= 15 is 0 Å². The molecule has 0 radical (unpaired) electrons. The molecule has 0 fully saturated rings. The Morgan fingerprint density at radius 1 is 0.696 bits per heavy atom. The molecule has 276 valence electrons. The van der Waals surface area contributed by atoms with Gasteiger partial charge in [-0.3, -0.25) is 9.32 Å². The maximum atomic E-state index is 12.0. The zero-order valence-corrected chi connectivity index (χ0v) is 30.8. The van der Waals surface area contributed by atoms with Crippen molar-refractivity contribution in [3.63, 3.8) is 0 Å². The van der Waals surface area contributed by atoms with Crippen LogP contribution in [-0.2, 0) is 18.6 Å². The molecule has 46 heavy (non-hydrogen) atoms. The summed E-state index contributed by atoms with van der Waals surface area (Å²) in [5.41, 5.74) is 10.9. The molecule has 0 aromatic carbocycles. The van der Waals surface area contributed by atoms with Gasteiger partial charge in [-0.2, -0.15) is 0 Å². The summed E-state index contributed by atoms with van der Waals surface area (Å²) in [6.45, 7) is 4.63. The predicted octanol–water partition coefficient (Wildman–Crippen LogP) is 9.01. The number of hydrogen-bond donors (Lipinski definition) is 5. The Bertz CT molecular complexity index is 706. The molecule has 0 heterocycles. The monoisotopic (exact) mass is 679 g/mol. The minimum atomic E-state index is -4.26. The van der Waals surface area contributed by atoms with Crippen LogP contribution in [0.25, 0.3) is 0 Å². The highest BCUT2D eigenvalue weighted by molar-refractivity contribution is 7.46. The van der Waals surface area contributed by atoms with Crippen molar-refractivity contribution in [2.75, 3.05) is 19.8 Å². The zero-order valence-electron chi connectivity index (χ0n) is 29.9. The third kappa shape index (κ3) is 41.2. The number of carbonyl (C=O) groups is 1. The quantitative estimate of drug-likeness (QED) is 0.0197. The number of nitrogens with two attached hydrogens (primary N) is 2. The molecule has 0 aromatic heterocycles. The van der Waals surface area contributed by atoms with E-state index in [1.165, 1.54) is 135 Å². The smallest absolute Gasteiger partial charge is 0.464 e. The van der Waals surface area contributed by atoms with Crippen LogP contribution >= 0.6 is 7.82 Å². The fourth-order valence-electron chi connectivity index (χ4n) is 5.12. The minimum absolute atomic E-state index is 0.0846. The summed E-state index contributed by atoms with van der Waals surface area (Å²) >= 11 is 0. The van der Waals surface area contributed by atoms with Crippen LogP contribution in [-0.4, -0.2) is 52.8 Å². The number of phosphoric ester groups is 1. The lowest BCUT2D eigenvalue weighted by Gasteiger charge is -2.15. The van der Waals surface area contributed by atoms with Gasteiger partial charge in [0.2, 0.25) is 0 Å². The first-order valence-electron chi connectivity index (χ1n) is 18.8. The second-order valence-electron chi connectivity index (χ2n) is 12.7. The Morgan fingerprint density at radius 3 is 1.46 bits per heavy atom. The van der Waals surface area contributed by atoms with Gasteiger partial charge >= 0.3 is 13.8 Å². The van der Waals surface area contributed by atoms with E-state index in [0.29, 0.717) is 6.42 Å². The molecule has 0 saturated heterocycles. The molecule has 0 bridgehead atoms. The van der Waals surface area contributed by atoms with E-state index in [-0.39, 0.29) is 25.7 Å². The highest BCUT2D eigenvalue weighted by Gasteiger charge is 2.14. The molecule has 0 amide bonds. The number of ether oxygens (including phenoxy) is 1. The van der Waals surface area contributed by atoms with Crippen LogP contribution in [0.4, 0.5) is 0 Å². The molecule has 0 spiro atoms. The highest BCUT2D eigenvalue weighted by Crippen LogP contribution is 2.34. The zero-order chi connectivity index (χ0) is 34.6. The summed E-state index contributed by atoms with van der Waals surface area (Å²) in [4.78, 5) is 27.9. The van der Waals surface area contributed by atoms with Gasteiger partial charge in [0, 0.05) is 13.0 Å². The van der Waals surface area contributed by atoms with Gasteiger partial charge in [0.1, 0.15) is 6.61 Å². The van der Waals surface area contributed by atoms with Gasteiger partial charge in [-0.15, -0.1) is 0 Å². The number of aliphatic hydroxyl groups is 1. The number of unbranched alkanes of at least 4 members (excludes halogenated alkanes) is 23. The van der Waals surface area contributed by atoms with Crippen molar-refractivity contribution in [3.05, 3.63) is 12.2 Å². The van der Waals surface area contributed by atoms with Gasteiger partial charge in [0.15, 0.2) is 0 Å². The van der Waals surface area contributed by atoms with E-state index in [2.05, 4.69) is 18.4 Å². The molecule has 0 saturated carbocycles. The fraction of sp³-hybridized carbons (Fsp3) is 0.917. The summed E-state index contributed by atoms with van der Waals surface area (Å²) in [5, 5.41) is 10.2. The number of phosphoric acid groups is 1. The predicted molar refractivity (Wildman–Crippen MR) is 193 cm³/mol. The second-order valence-corrected chi connectivity index (χ2v) is 13.9. The van der Waals surface area contributed by atoms with Gasteiger partial charge in [-0.25, -0.2) is 4.57 Å². The minimum Gasteiger partial charge on any atom is -0.464 e. The Balaban J connectivity index is 0. The van der Waals surface area contributed by atoms with Gasteiger partial charge < -0.3 is 31.1 Å². The molecule has 0 aliphatic carbocycles. The van der Waals surface area contributed by atoms with Crippen LogP contribution in [0.5, 0.6) is 0 Å². The first-order chi connectivity index (χ1) is 22.2. The van der Waals surface area contributed by atoms with Gasteiger partial charge in [0.25, 0.3) is 0 Å². The lowest BCUT2D eigenvalue weighted by molar-refractivity contribution is -0.144. The molecule has 0 aliphatic heterocycles. The van der Waals surface area contributed by atoms with E-state index in [4.69, 9.17) is 26.0 Å². The van der Waals surface area contributed by atoms with Crippen LogP contribution in [0.15, 0.2) is 12.2 Å². The van der Waals surface area contributed by atoms with Crippen molar-refractivity contribution >= 4 is 13.8 Å². The van der Waals surface area contributed by atoms with Crippen LogP contribution in [0.2, 0.25) is 0 Å². The topological polar surface area (TPSA) is 165 Å². The highest BCUT2D eigenvalue weighted by atomic mass is 31.2. The van der Waals surface area contributed by atoms with Crippen molar-refractivity contribution in [1.82, 2.24) is 0 Å². The standard InChI is InChI=1S/C34H67NO3.C2H8NO4P/c1-3-5-7-9-11-13-15-17-19-21-23-25-27-29-33(36)32(35)31-38-34(37)30-28-26-24-22-20-18-16-14-12-10-8-6-4-2;3-1-2-7-8(4,5)6/h27,29,32-33,36H,3-26,28,30-31,35H2,1-2H3;1-3H2,(H2,4,5,6)/b29-27+;. The summed E-state index contributed by atoms with van der Waals surface area (Å²) in [7, 11) is -4.26. The lowest BCUT2D eigenvalue weighted by Crippen LogP contribution is -2.38. The first-order valence-corrected chi connectivity index (χ1v) is 20.4. The molecular weight excluding hydrogens is 603 g/mol. The van der Waals surface area contributed by atoms with E-state index < -0.39 is 20.0 Å². The molecule has 7 N–H and O–H groups in total. The van der Waals surface area contributed by atoms with Crippen LogP contribution in [0.1, 0.15) is 181 Å². The molecule has 10 heteroatoms. The Kier molecular flexibility index (Phi) is 38.1. The maximum absolute atomic E-state index is 12.0. The van der Waals surface area contributed by atoms with Crippen LogP contribution in [0.3, 0.4) is 0 Å². The van der Waals surface area contributed by atoms with Crippen molar-refractivity contribution in [1.29, 1.82) is 0 Å². The fourth-order valence-corrected chi connectivity index (χ4v) is 5.47. The number of rotatable bonds is 33. The molecule has 2 unspecified atom stereocenters. The Labute approximate surface area is 283 Å². The molecular formula is C36H75N2O7P. The molecule has 9 nitrogen and oxygen atoms in total. The van der Waals surface area contributed by atoms with Gasteiger partial charge in [-0.1, -0.05) is 167 Å². The second kappa shape index (κ2) is 37.0. The molecule has 0 rings (SSSR count). The SMILES string of the molecule is CCCCCCCCCCCCC/C=C/C(O)C(N)COC(=O)CCCCCCCCCCCCCCC.NCCOP(=O)(O)O. The van der Waals surface area contributed by atoms with Gasteiger partial charge in [0.05, 0.1) is 18.8 Å². The Morgan fingerprint density at radius 2 is 1.09 bits per heavy atom. The lowest BCUT2D eigenvalue weighted by atomic mass is 10.0. The summed E-state index contributed by atoms with van der Waals surface area (Å²) < 4.78 is 19.0. The van der Waals surface area contributed by atoms with Crippen LogP contribution < -0.4 is 11.5 Å². The summed E-state index contributed by atoms with van der Waals surface area (Å²) in [5.74, 6) is -0.194. The first kappa shape index (κ1) is 47.3. The third-order valence-electron chi connectivity index (χ3n) is 8.04. The maximum Gasteiger partial charge on any atom is 0.469 e. The number of hydrogen-bond acceptors (Lipinski definition) is 7. The molecule has 0 aromatic rings. The number of aliphatic hydroxyl groups excluding tert-OH is 1. The van der Waals surface area contributed by atoms with Crippen molar-refractivity contribution in [3.8, 4) is 0 Å². The van der Waals surface area contributed by atoms with Crippen molar-refractivity contribution in [2.45, 2.75) is 193 Å². The average molecular weight is 679 g/mol. The molecule has 0 aliphatic rings. The van der Waals surface area contributed by atoms with Crippen molar-refractivity contribution < 1.29 is 33.5 Å². The number of allylic oxidation sites excluding steroid dienone is 1. The third-order valence-corrected chi connectivity index (χ3v) is 8.56. The van der Waals surface area contributed by atoms with Gasteiger partial charge in [-0.05, 0) is 19.3 Å². The summed E-state index contributed by atoms with van der Waals surface area (Å²) in [6, 6.07) is -0.556.